The van der Waals surface area contributed by atoms with E-state index in [0.717, 1.165) is 5.56 Å². The Kier molecular flexibility index (Phi) is 4.84. The van der Waals surface area contributed by atoms with Gasteiger partial charge in [0.05, 0.1) is 6.54 Å². The molecule has 3 heteroatoms. The zero-order valence-electron chi connectivity index (χ0n) is 11.0. The van der Waals surface area contributed by atoms with Crippen molar-refractivity contribution in [3.8, 4) is 0 Å². The molecular weight excluding hydrogens is 250 g/mol. The number of benzene rings is 2. The average Bonchev–Trinajstić information content (AvgIpc) is 2.52. The second-order valence-electron chi connectivity index (χ2n) is 4.25. The number of carbonyl (C=O) groups excluding carboxylic acids is 2. The molecule has 20 heavy (non-hydrogen) atoms. The summed E-state index contributed by atoms with van der Waals surface area (Å²) >= 11 is 0. The van der Waals surface area contributed by atoms with Crippen molar-refractivity contribution in [1.82, 2.24) is 5.32 Å². The Morgan fingerprint density at radius 1 is 0.900 bits per heavy atom. The van der Waals surface area contributed by atoms with Gasteiger partial charge >= 0.3 is 0 Å². The first-order valence-electron chi connectivity index (χ1n) is 6.35. The van der Waals surface area contributed by atoms with Gasteiger partial charge in [0.25, 0.3) is 0 Å². The van der Waals surface area contributed by atoms with Crippen LogP contribution < -0.4 is 5.32 Å². The van der Waals surface area contributed by atoms with E-state index >= 15 is 0 Å². The maximum absolute atomic E-state index is 11.8. The lowest BCUT2D eigenvalue weighted by Gasteiger charge is -2.01. The molecule has 0 aromatic heterocycles. The van der Waals surface area contributed by atoms with Crippen LogP contribution in [-0.2, 0) is 4.79 Å². The van der Waals surface area contributed by atoms with E-state index in [1.807, 2.05) is 36.4 Å². The monoisotopic (exact) mass is 265 g/mol. The van der Waals surface area contributed by atoms with Crippen molar-refractivity contribution < 1.29 is 9.59 Å². The number of amides is 1. The molecule has 3 nitrogen and oxygen atoms in total. The molecule has 0 saturated heterocycles. The SMILES string of the molecule is O=C(/C=C/c1ccccc1)NCC(=O)c1ccccc1. The first-order valence-corrected chi connectivity index (χ1v) is 6.35. The van der Waals surface area contributed by atoms with E-state index in [4.69, 9.17) is 0 Å². The summed E-state index contributed by atoms with van der Waals surface area (Å²) < 4.78 is 0. The molecule has 0 saturated carbocycles. The molecule has 0 unspecified atom stereocenters. The third kappa shape index (κ3) is 4.21. The van der Waals surface area contributed by atoms with E-state index in [9.17, 15) is 9.59 Å². The Bertz CT molecular complexity index is 603. The van der Waals surface area contributed by atoms with Crippen LogP contribution in [0.1, 0.15) is 15.9 Å². The van der Waals surface area contributed by atoms with Crippen molar-refractivity contribution in [2.45, 2.75) is 0 Å². The molecule has 0 aliphatic rings. The van der Waals surface area contributed by atoms with Gasteiger partial charge < -0.3 is 5.32 Å². The maximum atomic E-state index is 11.8. The molecule has 0 aliphatic carbocycles. The van der Waals surface area contributed by atoms with Crippen LogP contribution in [0.3, 0.4) is 0 Å². The largest absolute Gasteiger partial charge is 0.345 e. The topological polar surface area (TPSA) is 46.2 Å². The van der Waals surface area contributed by atoms with E-state index < -0.39 is 0 Å². The van der Waals surface area contributed by atoms with E-state index in [0.29, 0.717) is 5.56 Å². The first-order chi connectivity index (χ1) is 9.75. The van der Waals surface area contributed by atoms with Gasteiger partial charge in [-0.1, -0.05) is 60.7 Å². The molecule has 1 amide bonds. The molecule has 0 fully saturated rings. The highest BCUT2D eigenvalue weighted by atomic mass is 16.2. The Labute approximate surface area is 117 Å². The van der Waals surface area contributed by atoms with E-state index in [1.165, 1.54) is 6.08 Å². The molecule has 2 rings (SSSR count). The van der Waals surface area contributed by atoms with Crippen molar-refractivity contribution >= 4 is 17.8 Å². The van der Waals surface area contributed by atoms with Crippen LogP contribution >= 0.6 is 0 Å². The van der Waals surface area contributed by atoms with Gasteiger partial charge in [-0.15, -0.1) is 0 Å². The van der Waals surface area contributed by atoms with Crippen LogP contribution in [0.5, 0.6) is 0 Å². The Morgan fingerprint density at radius 3 is 2.15 bits per heavy atom. The fraction of sp³-hybridized carbons (Fsp3) is 0.0588. The van der Waals surface area contributed by atoms with Gasteiger partial charge in [0.2, 0.25) is 5.91 Å². The molecule has 0 atom stereocenters. The van der Waals surface area contributed by atoms with Gasteiger partial charge in [-0.2, -0.15) is 0 Å². The van der Waals surface area contributed by atoms with Gasteiger partial charge in [-0.25, -0.2) is 0 Å². The van der Waals surface area contributed by atoms with Crippen LogP contribution in [0.15, 0.2) is 66.7 Å². The standard InChI is InChI=1S/C17H15NO2/c19-16(15-9-5-2-6-10-15)13-18-17(20)12-11-14-7-3-1-4-8-14/h1-12H,13H2,(H,18,20)/b12-11+. The molecule has 0 heterocycles. The smallest absolute Gasteiger partial charge is 0.244 e. The van der Waals surface area contributed by atoms with Crippen LogP contribution in [0.25, 0.3) is 6.08 Å². The molecule has 0 spiro atoms. The molecule has 0 aliphatic heterocycles. The minimum atomic E-state index is -0.280. The summed E-state index contributed by atoms with van der Waals surface area (Å²) in [6.45, 7) is 0.00196. The van der Waals surface area contributed by atoms with E-state index in [-0.39, 0.29) is 18.2 Å². The number of ketones is 1. The van der Waals surface area contributed by atoms with Crippen LogP contribution in [0, 0.1) is 0 Å². The van der Waals surface area contributed by atoms with E-state index in [2.05, 4.69) is 5.32 Å². The molecule has 0 bridgehead atoms. The molecule has 1 N–H and O–H groups in total. The van der Waals surface area contributed by atoms with Gasteiger partial charge in [-0.3, -0.25) is 9.59 Å². The molecule has 0 radical (unpaired) electrons. The Morgan fingerprint density at radius 2 is 1.50 bits per heavy atom. The molecular formula is C17H15NO2. The highest BCUT2D eigenvalue weighted by Gasteiger charge is 2.05. The van der Waals surface area contributed by atoms with Crippen molar-refractivity contribution in [2.75, 3.05) is 6.54 Å². The zero-order chi connectivity index (χ0) is 14.2. The van der Waals surface area contributed by atoms with Crippen LogP contribution in [0.2, 0.25) is 0 Å². The maximum Gasteiger partial charge on any atom is 0.244 e. The highest BCUT2D eigenvalue weighted by molar-refractivity contribution is 6.01. The summed E-state index contributed by atoms with van der Waals surface area (Å²) in [5.41, 5.74) is 1.54. The number of nitrogens with one attached hydrogen (secondary N) is 1. The third-order valence-electron chi connectivity index (χ3n) is 2.75. The van der Waals surface area contributed by atoms with Gasteiger partial charge in [0.15, 0.2) is 5.78 Å². The number of hydrogen-bond acceptors (Lipinski definition) is 2. The molecule has 2 aromatic rings. The number of Topliss-reactive ketones (excluding diaryl/α,β-unsaturated/α-hetero) is 1. The number of hydrogen-bond donors (Lipinski definition) is 1. The first kappa shape index (κ1) is 13.7. The predicted octanol–water partition coefficient (Wildman–Crippen LogP) is 2.70. The summed E-state index contributed by atoms with van der Waals surface area (Å²) in [6, 6.07) is 18.4. The lowest BCUT2D eigenvalue weighted by molar-refractivity contribution is -0.116. The summed E-state index contributed by atoms with van der Waals surface area (Å²) in [6.07, 6.45) is 3.13. The van der Waals surface area contributed by atoms with Crippen molar-refractivity contribution in [1.29, 1.82) is 0 Å². The van der Waals surface area contributed by atoms with Crippen LogP contribution in [-0.4, -0.2) is 18.2 Å². The quantitative estimate of drug-likeness (QED) is 0.667. The Balaban J connectivity index is 1.84. The third-order valence-corrected chi connectivity index (χ3v) is 2.75. The normalized spacial score (nSPS) is 10.4. The number of carbonyl (C=O) groups is 2. The van der Waals surface area contributed by atoms with Crippen molar-refractivity contribution in [3.63, 3.8) is 0 Å². The predicted molar refractivity (Wildman–Crippen MR) is 79.3 cm³/mol. The summed E-state index contributed by atoms with van der Waals surface area (Å²) in [4.78, 5) is 23.4. The fourth-order valence-electron chi connectivity index (χ4n) is 1.69. The number of rotatable bonds is 5. The zero-order valence-corrected chi connectivity index (χ0v) is 11.0. The summed E-state index contributed by atoms with van der Waals surface area (Å²) in [5.74, 6) is -0.384. The highest BCUT2D eigenvalue weighted by Crippen LogP contribution is 2.01. The fourth-order valence-corrected chi connectivity index (χ4v) is 1.69. The molecule has 2 aromatic carbocycles. The lowest BCUT2D eigenvalue weighted by Crippen LogP contribution is -2.27. The summed E-state index contributed by atoms with van der Waals surface area (Å²) in [7, 11) is 0. The van der Waals surface area contributed by atoms with Gasteiger partial charge in [0.1, 0.15) is 0 Å². The lowest BCUT2D eigenvalue weighted by atomic mass is 10.1. The van der Waals surface area contributed by atoms with Gasteiger partial charge in [0, 0.05) is 11.6 Å². The van der Waals surface area contributed by atoms with Gasteiger partial charge in [-0.05, 0) is 11.6 Å². The summed E-state index contributed by atoms with van der Waals surface area (Å²) in [5, 5.41) is 2.58. The van der Waals surface area contributed by atoms with Crippen molar-refractivity contribution in [3.05, 3.63) is 77.9 Å². The second kappa shape index (κ2) is 7.04. The minimum Gasteiger partial charge on any atom is -0.345 e. The second-order valence-corrected chi connectivity index (χ2v) is 4.25. The Hall–Kier alpha value is -2.68. The van der Waals surface area contributed by atoms with E-state index in [1.54, 1.807) is 30.3 Å². The van der Waals surface area contributed by atoms with Crippen molar-refractivity contribution in [2.24, 2.45) is 0 Å². The average molecular weight is 265 g/mol. The minimum absolute atomic E-state index is 0.00196. The molecule has 100 valence electrons. The van der Waals surface area contributed by atoms with Crippen LogP contribution in [0.4, 0.5) is 0 Å².